The fourth-order valence-corrected chi connectivity index (χ4v) is 2.26. The smallest absolute Gasteiger partial charge is 0.101 e. The molecule has 0 spiro atoms. The molecule has 0 radical (unpaired) electrons. The number of hydrogen-bond acceptors (Lipinski definition) is 2. The lowest BCUT2D eigenvalue weighted by Gasteiger charge is -2.13. The van der Waals surface area contributed by atoms with Crippen LogP contribution in [0.15, 0.2) is 0 Å². The minimum absolute atomic E-state index is 0.479. The minimum Gasteiger partial charge on any atom is -0.246 e. The summed E-state index contributed by atoms with van der Waals surface area (Å²) in [4.78, 5) is 0. The second kappa shape index (κ2) is 4.52. The van der Waals surface area contributed by atoms with Gasteiger partial charge < -0.3 is 0 Å². The lowest BCUT2D eigenvalue weighted by molar-refractivity contribution is 0.414. The summed E-state index contributed by atoms with van der Waals surface area (Å²) in [5.41, 5.74) is 2.21. The van der Waals surface area contributed by atoms with Crippen molar-refractivity contribution in [2.75, 3.05) is 0 Å². The van der Waals surface area contributed by atoms with Crippen molar-refractivity contribution >= 4 is 11.6 Å². The van der Waals surface area contributed by atoms with Gasteiger partial charge in [-0.15, -0.1) is 16.7 Å². The van der Waals surface area contributed by atoms with Crippen molar-refractivity contribution in [1.82, 2.24) is 15.0 Å². The van der Waals surface area contributed by atoms with Crippen molar-refractivity contribution in [3.8, 4) is 0 Å². The summed E-state index contributed by atoms with van der Waals surface area (Å²) < 4.78 is 2.10. The molecule has 1 heterocycles. The molecule has 1 aliphatic carbocycles. The number of aromatic nitrogens is 3. The number of halogens is 1. The zero-order chi connectivity index (χ0) is 10.8. The summed E-state index contributed by atoms with van der Waals surface area (Å²) in [6, 6.07) is 0.496. The minimum atomic E-state index is 0.479. The Hall–Kier alpha value is -0.570. The topological polar surface area (TPSA) is 30.7 Å². The molecule has 84 valence electrons. The first kappa shape index (κ1) is 10.9. The SMILES string of the molecule is CCCc1c(CCl)nnn1C(C)C1CC1. The van der Waals surface area contributed by atoms with Crippen LogP contribution in [0, 0.1) is 5.92 Å². The summed E-state index contributed by atoms with van der Waals surface area (Å²) >= 11 is 5.87. The maximum atomic E-state index is 5.87. The molecule has 1 aromatic heterocycles. The van der Waals surface area contributed by atoms with Crippen molar-refractivity contribution in [3.63, 3.8) is 0 Å². The molecule has 0 saturated heterocycles. The largest absolute Gasteiger partial charge is 0.246 e. The van der Waals surface area contributed by atoms with E-state index < -0.39 is 0 Å². The van der Waals surface area contributed by atoms with Gasteiger partial charge in [-0.1, -0.05) is 18.6 Å². The van der Waals surface area contributed by atoms with E-state index in [9.17, 15) is 0 Å². The first-order valence-electron chi connectivity index (χ1n) is 5.76. The van der Waals surface area contributed by atoms with Crippen LogP contribution in [0.5, 0.6) is 0 Å². The highest BCUT2D eigenvalue weighted by atomic mass is 35.5. The highest BCUT2D eigenvalue weighted by Gasteiger charge is 2.31. The lowest BCUT2D eigenvalue weighted by Crippen LogP contribution is -2.13. The van der Waals surface area contributed by atoms with E-state index >= 15 is 0 Å². The molecule has 0 bridgehead atoms. The van der Waals surface area contributed by atoms with E-state index in [4.69, 9.17) is 11.6 Å². The molecule has 0 aliphatic heterocycles. The molecule has 1 aliphatic rings. The molecule has 2 rings (SSSR count). The molecule has 1 aromatic rings. The molecule has 0 amide bonds. The second-order valence-electron chi connectivity index (χ2n) is 4.39. The van der Waals surface area contributed by atoms with Crippen LogP contribution in [0.25, 0.3) is 0 Å². The zero-order valence-electron chi connectivity index (χ0n) is 9.41. The molecule has 1 unspecified atom stereocenters. The summed E-state index contributed by atoms with van der Waals surface area (Å²) in [6.45, 7) is 4.42. The van der Waals surface area contributed by atoms with Crippen molar-refractivity contribution in [1.29, 1.82) is 0 Å². The van der Waals surface area contributed by atoms with Gasteiger partial charge in [-0.05, 0) is 32.1 Å². The molecule has 4 heteroatoms. The van der Waals surface area contributed by atoms with Gasteiger partial charge in [-0.3, -0.25) is 0 Å². The Bertz CT molecular complexity index is 331. The number of rotatable bonds is 5. The van der Waals surface area contributed by atoms with Gasteiger partial charge in [-0.2, -0.15) is 0 Å². The van der Waals surface area contributed by atoms with Gasteiger partial charge in [0.25, 0.3) is 0 Å². The first-order chi connectivity index (χ1) is 7.27. The van der Waals surface area contributed by atoms with Gasteiger partial charge in [-0.25, -0.2) is 4.68 Å². The standard InChI is InChI=1S/C11H18ClN3/c1-3-4-11-10(7-12)13-14-15(11)8(2)9-5-6-9/h8-9H,3-7H2,1-2H3. The fourth-order valence-electron chi connectivity index (χ4n) is 2.05. The van der Waals surface area contributed by atoms with Crippen molar-refractivity contribution in [2.24, 2.45) is 5.92 Å². The van der Waals surface area contributed by atoms with E-state index in [1.54, 1.807) is 0 Å². The third-order valence-electron chi connectivity index (χ3n) is 3.17. The van der Waals surface area contributed by atoms with Crippen LogP contribution in [0.4, 0.5) is 0 Å². The first-order valence-corrected chi connectivity index (χ1v) is 6.30. The summed E-state index contributed by atoms with van der Waals surface area (Å²) in [5, 5.41) is 8.41. The van der Waals surface area contributed by atoms with E-state index in [0.29, 0.717) is 11.9 Å². The van der Waals surface area contributed by atoms with Crippen LogP contribution in [-0.4, -0.2) is 15.0 Å². The van der Waals surface area contributed by atoms with Crippen LogP contribution < -0.4 is 0 Å². The quantitative estimate of drug-likeness (QED) is 0.725. The molecule has 1 atom stereocenters. The van der Waals surface area contributed by atoms with E-state index in [1.807, 2.05) is 0 Å². The van der Waals surface area contributed by atoms with Gasteiger partial charge in [0.1, 0.15) is 5.69 Å². The average Bonchev–Trinajstić information content (AvgIpc) is 3.00. The van der Waals surface area contributed by atoms with Crippen LogP contribution >= 0.6 is 11.6 Å². The van der Waals surface area contributed by atoms with E-state index in [-0.39, 0.29) is 0 Å². The molecule has 1 fully saturated rings. The van der Waals surface area contributed by atoms with Crippen LogP contribution in [-0.2, 0) is 12.3 Å². The number of nitrogens with zero attached hydrogens (tertiary/aromatic N) is 3. The van der Waals surface area contributed by atoms with Crippen molar-refractivity contribution in [2.45, 2.75) is 51.5 Å². The molecule has 0 N–H and O–H groups in total. The molecule has 1 saturated carbocycles. The molecule has 15 heavy (non-hydrogen) atoms. The van der Waals surface area contributed by atoms with E-state index in [2.05, 4.69) is 28.8 Å². The van der Waals surface area contributed by atoms with Crippen molar-refractivity contribution in [3.05, 3.63) is 11.4 Å². The maximum absolute atomic E-state index is 5.87. The molecular formula is C11H18ClN3. The zero-order valence-corrected chi connectivity index (χ0v) is 10.2. The highest BCUT2D eigenvalue weighted by molar-refractivity contribution is 6.16. The van der Waals surface area contributed by atoms with E-state index in [0.717, 1.165) is 24.5 Å². The van der Waals surface area contributed by atoms with Gasteiger partial charge in [0.15, 0.2) is 0 Å². The Morgan fingerprint density at radius 1 is 1.53 bits per heavy atom. The Morgan fingerprint density at radius 3 is 2.80 bits per heavy atom. The number of hydrogen-bond donors (Lipinski definition) is 0. The summed E-state index contributed by atoms with van der Waals surface area (Å²) in [6.07, 6.45) is 4.83. The normalized spacial score (nSPS) is 18.1. The molecule has 3 nitrogen and oxygen atoms in total. The van der Waals surface area contributed by atoms with Crippen molar-refractivity contribution < 1.29 is 0 Å². The number of alkyl halides is 1. The monoisotopic (exact) mass is 227 g/mol. The molecule has 0 aromatic carbocycles. The van der Waals surface area contributed by atoms with Crippen LogP contribution in [0.1, 0.15) is 50.5 Å². The van der Waals surface area contributed by atoms with Crippen LogP contribution in [0.3, 0.4) is 0 Å². The van der Waals surface area contributed by atoms with Gasteiger partial charge >= 0.3 is 0 Å². The Kier molecular flexibility index (Phi) is 3.29. The third kappa shape index (κ3) is 2.17. The average molecular weight is 228 g/mol. The van der Waals surface area contributed by atoms with Gasteiger partial charge in [0.05, 0.1) is 17.6 Å². The Balaban J connectivity index is 2.24. The summed E-state index contributed by atoms with van der Waals surface area (Å²) in [5.74, 6) is 1.29. The molecular weight excluding hydrogens is 210 g/mol. The van der Waals surface area contributed by atoms with E-state index in [1.165, 1.54) is 18.5 Å². The Labute approximate surface area is 95.8 Å². The predicted octanol–water partition coefficient (Wildman–Crippen LogP) is 2.94. The third-order valence-corrected chi connectivity index (χ3v) is 3.43. The maximum Gasteiger partial charge on any atom is 0.101 e. The Morgan fingerprint density at radius 2 is 2.27 bits per heavy atom. The summed E-state index contributed by atoms with van der Waals surface area (Å²) in [7, 11) is 0. The lowest BCUT2D eigenvalue weighted by atomic mass is 10.1. The van der Waals surface area contributed by atoms with Gasteiger partial charge in [0.2, 0.25) is 0 Å². The predicted molar refractivity (Wildman–Crippen MR) is 61.0 cm³/mol. The second-order valence-corrected chi connectivity index (χ2v) is 4.66. The van der Waals surface area contributed by atoms with Gasteiger partial charge in [0, 0.05) is 0 Å². The van der Waals surface area contributed by atoms with Crippen LogP contribution in [0.2, 0.25) is 0 Å². The highest BCUT2D eigenvalue weighted by Crippen LogP contribution is 2.39. The fraction of sp³-hybridized carbons (Fsp3) is 0.818.